The molecule has 0 radical (unpaired) electrons. The van der Waals surface area contributed by atoms with Crippen molar-refractivity contribution in [1.82, 2.24) is 9.80 Å². The summed E-state index contributed by atoms with van der Waals surface area (Å²) in [5, 5.41) is 8.95. The number of urea groups is 1. The van der Waals surface area contributed by atoms with Crippen molar-refractivity contribution >= 4 is 12.0 Å². The summed E-state index contributed by atoms with van der Waals surface area (Å²) in [5.41, 5.74) is 0. The topological polar surface area (TPSA) is 60.9 Å². The molecule has 2 amide bonds. The van der Waals surface area contributed by atoms with Gasteiger partial charge in [0, 0.05) is 31.6 Å². The first-order chi connectivity index (χ1) is 8.90. The van der Waals surface area contributed by atoms with Crippen LogP contribution < -0.4 is 0 Å². The summed E-state index contributed by atoms with van der Waals surface area (Å²) < 4.78 is 0. The van der Waals surface area contributed by atoms with E-state index in [2.05, 4.69) is 13.8 Å². The van der Waals surface area contributed by atoms with Crippen LogP contribution in [0.1, 0.15) is 33.6 Å². The predicted molar refractivity (Wildman–Crippen MR) is 71.8 cm³/mol. The van der Waals surface area contributed by atoms with Gasteiger partial charge >= 0.3 is 12.0 Å². The zero-order valence-electron chi connectivity index (χ0n) is 12.0. The average Bonchev–Trinajstić information content (AvgIpc) is 2.26. The maximum absolute atomic E-state index is 12.3. The van der Waals surface area contributed by atoms with Crippen molar-refractivity contribution in [2.24, 2.45) is 17.8 Å². The molecule has 5 nitrogen and oxygen atoms in total. The zero-order valence-corrected chi connectivity index (χ0v) is 12.0. The molecule has 108 valence electrons. The van der Waals surface area contributed by atoms with E-state index in [-0.39, 0.29) is 17.9 Å². The Bertz CT molecular complexity index is 366. The van der Waals surface area contributed by atoms with Crippen molar-refractivity contribution in [3.05, 3.63) is 0 Å². The monoisotopic (exact) mass is 268 g/mol. The Balaban J connectivity index is 1.84. The lowest BCUT2D eigenvalue weighted by atomic mass is 9.87. The van der Waals surface area contributed by atoms with E-state index in [4.69, 9.17) is 5.11 Å². The van der Waals surface area contributed by atoms with Crippen LogP contribution in [-0.4, -0.2) is 52.6 Å². The maximum atomic E-state index is 12.3. The van der Waals surface area contributed by atoms with E-state index < -0.39 is 5.97 Å². The quantitative estimate of drug-likeness (QED) is 0.831. The highest BCUT2D eigenvalue weighted by Crippen LogP contribution is 2.28. The number of carboxylic acid groups (broad SMARTS) is 1. The fourth-order valence-corrected chi connectivity index (χ4v) is 3.06. The number of carbonyl (C=O) groups excluding carboxylic acids is 1. The number of aliphatic carboxylic acids is 1. The van der Waals surface area contributed by atoms with Gasteiger partial charge in [-0.2, -0.15) is 0 Å². The second-order valence-electron chi connectivity index (χ2n) is 6.25. The molecule has 2 heterocycles. The van der Waals surface area contributed by atoms with E-state index in [1.807, 2.05) is 4.90 Å². The number of piperidine rings is 1. The molecular formula is C14H24N2O3. The summed E-state index contributed by atoms with van der Waals surface area (Å²) in [6.07, 6.45) is 2.13. The van der Waals surface area contributed by atoms with Crippen molar-refractivity contribution in [2.75, 3.05) is 19.6 Å². The third-order valence-electron chi connectivity index (χ3n) is 4.66. The molecule has 0 aromatic carbocycles. The molecule has 0 bridgehead atoms. The van der Waals surface area contributed by atoms with E-state index in [9.17, 15) is 9.59 Å². The largest absolute Gasteiger partial charge is 0.481 e. The molecule has 19 heavy (non-hydrogen) atoms. The second-order valence-corrected chi connectivity index (χ2v) is 6.25. The lowest BCUT2D eigenvalue weighted by Gasteiger charge is -2.46. The minimum atomic E-state index is -0.766. The lowest BCUT2D eigenvalue weighted by Crippen LogP contribution is -2.59. The van der Waals surface area contributed by atoms with Crippen LogP contribution >= 0.6 is 0 Å². The lowest BCUT2D eigenvalue weighted by molar-refractivity contribution is -0.145. The number of carbonyl (C=O) groups is 2. The molecule has 0 aromatic heterocycles. The van der Waals surface area contributed by atoms with Crippen LogP contribution in [0.25, 0.3) is 0 Å². The Labute approximate surface area is 114 Å². The van der Waals surface area contributed by atoms with Crippen LogP contribution in [0.15, 0.2) is 0 Å². The van der Waals surface area contributed by atoms with Gasteiger partial charge in [-0.15, -0.1) is 0 Å². The Morgan fingerprint density at radius 3 is 2.42 bits per heavy atom. The van der Waals surface area contributed by atoms with Crippen LogP contribution in [0.4, 0.5) is 4.79 Å². The molecule has 3 atom stereocenters. The van der Waals surface area contributed by atoms with Crippen molar-refractivity contribution in [1.29, 1.82) is 0 Å². The molecule has 2 rings (SSSR count). The summed E-state index contributed by atoms with van der Waals surface area (Å²) in [7, 11) is 0. The number of hydrogen-bond acceptors (Lipinski definition) is 2. The third kappa shape index (κ3) is 2.85. The fraction of sp³-hybridized carbons (Fsp3) is 0.857. The van der Waals surface area contributed by atoms with Crippen molar-refractivity contribution in [2.45, 2.75) is 39.7 Å². The van der Waals surface area contributed by atoms with Gasteiger partial charge in [-0.25, -0.2) is 4.79 Å². The third-order valence-corrected chi connectivity index (χ3v) is 4.66. The van der Waals surface area contributed by atoms with Gasteiger partial charge in [0.25, 0.3) is 0 Å². The number of rotatable bonds is 2. The van der Waals surface area contributed by atoms with E-state index in [1.54, 1.807) is 11.8 Å². The molecule has 0 spiro atoms. The van der Waals surface area contributed by atoms with Crippen molar-refractivity contribution in [3.63, 3.8) is 0 Å². The van der Waals surface area contributed by atoms with Gasteiger partial charge in [0.2, 0.25) is 0 Å². The number of nitrogens with zero attached hydrogens (tertiary/aromatic N) is 2. The first-order valence-electron chi connectivity index (χ1n) is 7.18. The van der Waals surface area contributed by atoms with Crippen molar-refractivity contribution < 1.29 is 14.7 Å². The standard InChI is InChI=1S/C14H24N2O3/c1-9-4-5-16(10(2)6-9)14(19)15-7-12(8-15)11(3)13(17)18/h9-12H,4-8H2,1-3H3,(H,17,18). The predicted octanol–water partition coefficient (Wildman–Crippen LogP) is 1.88. The SMILES string of the molecule is CC1CCN(C(=O)N2CC(C(C)C(=O)O)C2)C(C)C1. The minimum absolute atomic E-state index is 0.0910. The molecule has 2 saturated heterocycles. The molecule has 2 fully saturated rings. The minimum Gasteiger partial charge on any atom is -0.481 e. The van der Waals surface area contributed by atoms with Gasteiger partial charge in [-0.1, -0.05) is 13.8 Å². The smallest absolute Gasteiger partial charge is 0.320 e. The number of carboxylic acids is 1. The summed E-state index contributed by atoms with van der Waals surface area (Å²) >= 11 is 0. The molecule has 0 aliphatic carbocycles. The molecular weight excluding hydrogens is 244 g/mol. The highest BCUT2D eigenvalue weighted by atomic mass is 16.4. The van der Waals surface area contributed by atoms with Crippen molar-refractivity contribution in [3.8, 4) is 0 Å². The van der Waals surface area contributed by atoms with E-state index in [0.717, 1.165) is 19.4 Å². The first kappa shape index (κ1) is 14.2. The van der Waals surface area contributed by atoms with E-state index in [0.29, 0.717) is 25.0 Å². The summed E-state index contributed by atoms with van der Waals surface area (Å²) in [5.74, 6) is -0.323. The summed E-state index contributed by atoms with van der Waals surface area (Å²) in [6.45, 7) is 8.06. The van der Waals surface area contributed by atoms with Gasteiger partial charge in [0.1, 0.15) is 0 Å². The van der Waals surface area contributed by atoms with Crippen LogP contribution in [0, 0.1) is 17.8 Å². The van der Waals surface area contributed by atoms with Gasteiger partial charge < -0.3 is 14.9 Å². The molecule has 3 unspecified atom stereocenters. The number of hydrogen-bond donors (Lipinski definition) is 1. The first-order valence-corrected chi connectivity index (χ1v) is 7.18. The van der Waals surface area contributed by atoms with Crippen LogP contribution in [-0.2, 0) is 4.79 Å². The Kier molecular flexibility index (Phi) is 4.02. The zero-order chi connectivity index (χ0) is 14.2. The Morgan fingerprint density at radius 2 is 1.89 bits per heavy atom. The number of likely N-dealkylation sites (tertiary alicyclic amines) is 2. The molecule has 2 aliphatic heterocycles. The summed E-state index contributed by atoms with van der Waals surface area (Å²) in [6, 6.07) is 0.389. The fourth-order valence-electron chi connectivity index (χ4n) is 3.06. The van der Waals surface area contributed by atoms with Crippen LogP contribution in [0.2, 0.25) is 0 Å². The van der Waals surface area contributed by atoms with Gasteiger partial charge in [-0.05, 0) is 25.7 Å². The van der Waals surface area contributed by atoms with Gasteiger partial charge in [-0.3, -0.25) is 4.79 Å². The van der Waals surface area contributed by atoms with Gasteiger partial charge in [0.05, 0.1) is 5.92 Å². The maximum Gasteiger partial charge on any atom is 0.320 e. The summed E-state index contributed by atoms with van der Waals surface area (Å²) in [4.78, 5) is 27.0. The molecule has 2 aliphatic rings. The molecule has 0 saturated carbocycles. The van der Waals surface area contributed by atoms with E-state index >= 15 is 0 Å². The molecule has 0 aromatic rings. The number of amides is 2. The van der Waals surface area contributed by atoms with Crippen LogP contribution in [0.3, 0.4) is 0 Å². The second kappa shape index (κ2) is 5.39. The average molecular weight is 268 g/mol. The normalized spacial score (nSPS) is 29.8. The van der Waals surface area contributed by atoms with Crippen LogP contribution in [0.5, 0.6) is 0 Å². The van der Waals surface area contributed by atoms with E-state index in [1.165, 1.54) is 0 Å². The molecule has 5 heteroatoms. The van der Waals surface area contributed by atoms with Gasteiger partial charge in [0.15, 0.2) is 0 Å². The molecule has 1 N–H and O–H groups in total. The Hall–Kier alpha value is -1.26. The highest BCUT2D eigenvalue weighted by Gasteiger charge is 2.40. The Morgan fingerprint density at radius 1 is 1.26 bits per heavy atom. The highest BCUT2D eigenvalue weighted by molar-refractivity contribution is 5.76.